The number of allylic oxidation sites excluding steroid dienone is 2. The maximum Gasteiger partial charge on any atom is 0.318 e. The second-order valence-corrected chi connectivity index (χ2v) is 4.35. The van der Waals surface area contributed by atoms with E-state index in [1.54, 1.807) is 0 Å². The highest BCUT2D eigenvalue weighted by Crippen LogP contribution is 2.42. The highest BCUT2D eigenvalue weighted by molar-refractivity contribution is 5.97. The van der Waals surface area contributed by atoms with Gasteiger partial charge in [0.1, 0.15) is 0 Å². The van der Waals surface area contributed by atoms with Gasteiger partial charge in [-0.2, -0.15) is 0 Å². The molecule has 3 nitrogen and oxygen atoms in total. The lowest BCUT2D eigenvalue weighted by Gasteiger charge is -2.30. The minimum absolute atomic E-state index is 0.121. The number of cyclic esters (lactones) is 2. The summed E-state index contributed by atoms with van der Waals surface area (Å²) in [4.78, 5) is 22.9. The first-order valence-electron chi connectivity index (χ1n) is 4.96. The summed E-state index contributed by atoms with van der Waals surface area (Å²) in [6.07, 6.45) is 2.08. The lowest BCUT2D eigenvalue weighted by atomic mass is 9.70. The van der Waals surface area contributed by atoms with Gasteiger partial charge in [-0.1, -0.05) is 25.5 Å². The molecular weight excluding hydrogens is 180 g/mol. The predicted molar refractivity (Wildman–Crippen MR) is 50.2 cm³/mol. The van der Waals surface area contributed by atoms with Gasteiger partial charge >= 0.3 is 11.9 Å². The third-order valence-corrected chi connectivity index (χ3v) is 3.48. The van der Waals surface area contributed by atoms with E-state index < -0.39 is 0 Å². The fourth-order valence-electron chi connectivity index (χ4n) is 2.54. The number of carbonyl (C=O) groups excluding carboxylic acids is 2. The van der Waals surface area contributed by atoms with E-state index in [9.17, 15) is 9.59 Å². The molecule has 1 saturated heterocycles. The van der Waals surface area contributed by atoms with Crippen LogP contribution in [0.25, 0.3) is 0 Å². The first-order chi connectivity index (χ1) is 6.52. The Kier molecular flexibility index (Phi) is 1.98. The normalized spacial score (nSPS) is 41.8. The maximum atomic E-state index is 11.5. The van der Waals surface area contributed by atoms with Crippen molar-refractivity contribution in [2.24, 2.45) is 23.7 Å². The van der Waals surface area contributed by atoms with E-state index in [1.807, 2.05) is 20.8 Å². The Morgan fingerprint density at radius 3 is 2.36 bits per heavy atom. The highest BCUT2D eigenvalue weighted by Gasteiger charge is 2.51. The fourth-order valence-corrected chi connectivity index (χ4v) is 2.54. The lowest BCUT2D eigenvalue weighted by molar-refractivity contribution is -0.154. The van der Waals surface area contributed by atoms with Crippen molar-refractivity contribution in [2.45, 2.75) is 20.8 Å². The average Bonchev–Trinajstić information content (AvgIpc) is 2.38. The highest BCUT2D eigenvalue weighted by atomic mass is 16.6. The van der Waals surface area contributed by atoms with Crippen LogP contribution in [-0.2, 0) is 14.3 Å². The van der Waals surface area contributed by atoms with Crippen molar-refractivity contribution >= 4 is 11.9 Å². The molecule has 76 valence electrons. The molecule has 0 saturated carbocycles. The Hall–Kier alpha value is -1.12. The number of hydrogen-bond donors (Lipinski definition) is 0. The van der Waals surface area contributed by atoms with Crippen molar-refractivity contribution in [3.05, 3.63) is 11.6 Å². The molecule has 0 radical (unpaired) electrons. The Bertz CT molecular complexity index is 329. The third kappa shape index (κ3) is 1.11. The van der Waals surface area contributed by atoms with E-state index in [4.69, 9.17) is 0 Å². The monoisotopic (exact) mass is 194 g/mol. The minimum Gasteiger partial charge on any atom is -0.393 e. The summed E-state index contributed by atoms with van der Waals surface area (Å²) in [7, 11) is 0. The fraction of sp³-hybridized carbons (Fsp3) is 0.636. The summed E-state index contributed by atoms with van der Waals surface area (Å²) in [5.41, 5.74) is 1.19. The van der Waals surface area contributed by atoms with Crippen LogP contribution in [0.2, 0.25) is 0 Å². The van der Waals surface area contributed by atoms with Gasteiger partial charge in [-0.3, -0.25) is 9.59 Å². The first kappa shape index (κ1) is 9.44. The second kappa shape index (κ2) is 2.94. The van der Waals surface area contributed by atoms with Crippen LogP contribution >= 0.6 is 0 Å². The largest absolute Gasteiger partial charge is 0.393 e. The number of esters is 2. The van der Waals surface area contributed by atoms with Crippen LogP contribution < -0.4 is 0 Å². The first-order valence-corrected chi connectivity index (χ1v) is 4.96. The van der Waals surface area contributed by atoms with Crippen LogP contribution in [0.3, 0.4) is 0 Å². The van der Waals surface area contributed by atoms with E-state index in [1.165, 1.54) is 5.57 Å². The van der Waals surface area contributed by atoms with E-state index in [2.05, 4.69) is 10.8 Å². The molecular formula is C11H14O3. The van der Waals surface area contributed by atoms with E-state index >= 15 is 0 Å². The topological polar surface area (TPSA) is 43.4 Å². The standard InChI is InChI=1S/C11H14O3/c1-5-4-6(2)8-9(7(5)3)11(13)14-10(8)12/h4,6-9H,1-3H3/t6-,7+,8-,9+/m1/s1. The molecule has 4 atom stereocenters. The van der Waals surface area contributed by atoms with Gasteiger partial charge < -0.3 is 4.74 Å². The van der Waals surface area contributed by atoms with E-state index in [0.29, 0.717) is 0 Å². The summed E-state index contributed by atoms with van der Waals surface area (Å²) >= 11 is 0. The van der Waals surface area contributed by atoms with Crippen LogP contribution in [-0.4, -0.2) is 11.9 Å². The van der Waals surface area contributed by atoms with Crippen molar-refractivity contribution in [1.82, 2.24) is 0 Å². The Morgan fingerprint density at radius 2 is 1.71 bits per heavy atom. The summed E-state index contributed by atoms with van der Waals surface area (Å²) in [6, 6.07) is 0. The molecule has 0 aromatic heterocycles. The van der Waals surface area contributed by atoms with Crippen molar-refractivity contribution in [3.63, 3.8) is 0 Å². The number of carbonyl (C=O) groups is 2. The van der Waals surface area contributed by atoms with Gasteiger partial charge in [0.05, 0.1) is 11.8 Å². The van der Waals surface area contributed by atoms with E-state index in [-0.39, 0.29) is 35.6 Å². The summed E-state index contributed by atoms with van der Waals surface area (Å²) in [6.45, 7) is 5.95. The maximum absolute atomic E-state index is 11.5. The molecule has 0 N–H and O–H groups in total. The molecule has 0 bridgehead atoms. The van der Waals surface area contributed by atoms with Crippen LogP contribution in [0.15, 0.2) is 11.6 Å². The Balaban J connectivity index is 2.42. The van der Waals surface area contributed by atoms with Crippen molar-refractivity contribution in [1.29, 1.82) is 0 Å². The molecule has 0 aromatic carbocycles. The molecule has 2 rings (SSSR count). The van der Waals surface area contributed by atoms with Gasteiger partial charge in [0.2, 0.25) is 0 Å². The molecule has 1 aliphatic carbocycles. The number of ether oxygens (including phenoxy) is 1. The van der Waals surface area contributed by atoms with Crippen LogP contribution in [0.1, 0.15) is 20.8 Å². The Morgan fingerprint density at radius 1 is 1.14 bits per heavy atom. The quantitative estimate of drug-likeness (QED) is 0.334. The van der Waals surface area contributed by atoms with Gasteiger partial charge in [-0.25, -0.2) is 0 Å². The molecule has 1 aliphatic heterocycles. The van der Waals surface area contributed by atoms with Crippen molar-refractivity contribution in [3.8, 4) is 0 Å². The molecule has 3 heteroatoms. The zero-order valence-electron chi connectivity index (χ0n) is 8.61. The molecule has 14 heavy (non-hydrogen) atoms. The summed E-state index contributed by atoms with van der Waals surface area (Å²) in [5, 5.41) is 0. The van der Waals surface area contributed by atoms with Gasteiger partial charge in [0.15, 0.2) is 0 Å². The van der Waals surface area contributed by atoms with Gasteiger partial charge in [-0.15, -0.1) is 0 Å². The smallest absolute Gasteiger partial charge is 0.318 e. The van der Waals surface area contributed by atoms with Gasteiger partial charge in [0.25, 0.3) is 0 Å². The number of fused-ring (bicyclic) bond motifs is 1. The molecule has 2 aliphatic rings. The lowest BCUT2D eigenvalue weighted by Crippen LogP contribution is -2.33. The van der Waals surface area contributed by atoms with E-state index in [0.717, 1.165) is 0 Å². The third-order valence-electron chi connectivity index (χ3n) is 3.48. The zero-order valence-corrected chi connectivity index (χ0v) is 8.61. The number of rotatable bonds is 0. The summed E-state index contributed by atoms with van der Waals surface area (Å²) < 4.78 is 4.69. The van der Waals surface area contributed by atoms with Crippen molar-refractivity contribution < 1.29 is 14.3 Å². The molecule has 0 spiro atoms. The Labute approximate surface area is 83.1 Å². The molecule has 0 unspecified atom stereocenters. The minimum atomic E-state index is -0.344. The van der Waals surface area contributed by atoms with Crippen LogP contribution in [0.5, 0.6) is 0 Å². The van der Waals surface area contributed by atoms with Gasteiger partial charge in [-0.05, 0) is 18.8 Å². The number of hydrogen-bond acceptors (Lipinski definition) is 3. The zero-order chi connectivity index (χ0) is 10.5. The second-order valence-electron chi connectivity index (χ2n) is 4.35. The summed E-state index contributed by atoms with van der Waals surface area (Å²) in [5.74, 6) is -0.927. The predicted octanol–water partition coefficient (Wildman–Crippen LogP) is 1.53. The average molecular weight is 194 g/mol. The molecule has 1 heterocycles. The van der Waals surface area contributed by atoms with Crippen LogP contribution in [0, 0.1) is 23.7 Å². The van der Waals surface area contributed by atoms with Crippen molar-refractivity contribution in [2.75, 3.05) is 0 Å². The molecule has 1 fully saturated rings. The molecule has 0 aromatic rings. The SMILES string of the molecule is CC1=C[C@@H](C)[C@H]2C(=O)OC(=O)[C@H]2[C@H]1C. The van der Waals surface area contributed by atoms with Gasteiger partial charge in [0, 0.05) is 0 Å². The molecule has 0 amide bonds. The van der Waals surface area contributed by atoms with Crippen LogP contribution in [0.4, 0.5) is 0 Å².